The number of amides is 2. The van der Waals surface area contributed by atoms with E-state index < -0.39 is 0 Å². The van der Waals surface area contributed by atoms with Gasteiger partial charge in [-0.3, -0.25) is 0 Å². The Bertz CT molecular complexity index is 727. The van der Waals surface area contributed by atoms with Crippen LogP contribution in [0.1, 0.15) is 5.56 Å². The van der Waals surface area contributed by atoms with Gasteiger partial charge in [-0.05, 0) is 55.4 Å². The highest BCUT2D eigenvalue weighted by atomic mass is 35.5. The molecule has 2 aromatic carbocycles. The second kappa shape index (κ2) is 8.92. The van der Waals surface area contributed by atoms with Crippen LogP contribution in [0, 0.1) is 0 Å². The van der Waals surface area contributed by atoms with E-state index in [0.717, 1.165) is 43.9 Å². The first-order valence-corrected chi connectivity index (χ1v) is 9.31. The molecule has 3 rings (SSSR count). The van der Waals surface area contributed by atoms with Gasteiger partial charge in [-0.15, -0.1) is 0 Å². The maximum atomic E-state index is 12.0. The fraction of sp³-hybridized carbons (Fsp3) is 0.350. The van der Waals surface area contributed by atoms with Crippen LogP contribution in [0.4, 0.5) is 16.2 Å². The minimum absolute atomic E-state index is 0.195. The zero-order chi connectivity index (χ0) is 18.4. The number of nitrogens with zero attached hydrogens (tertiary/aromatic N) is 2. The first-order valence-electron chi connectivity index (χ1n) is 8.93. The van der Waals surface area contributed by atoms with Crippen LogP contribution < -0.4 is 15.5 Å². The molecule has 5 nitrogen and oxygen atoms in total. The van der Waals surface area contributed by atoms with E-state index in [1.165, 1.54) is 5.69 Å². The molecule has 0 unspecified atom stereocenters. The topological polar surface area (TPSA) is 47.6 Å². The van der Waals surface area contributed by atoms with Crippen molar-refractivity contribution in [2.75, 3.05) is 50.0 Å². The fourth-order valence-corrected chi connectivity index (χ4v) is 3.22. The van der Waals surface area contributed by atoms with Gasteiger partial charge < -0.3 is 20.4 Å². The van der Waals surface area contributed by atoms with Crippen molar-refractivity contribution < 1.29 is 4.79 Å². The van der Waals surface area contributed by atoms with Crippen LogP contribution >= 0.6 is 11.6 Å². The Labute approximate surface area is 159 Å². The number of rotatable bonds is 5. The van der Waals surface area contributed by atoms with Gasteiger partial charge in [0.05, 0.1) is 0 Å². The van der Waals surface area contributed by atoms with Gasteiger partial charge in [0.2, 0.25) is 0 Å². The predicted octanol–water partition coefficient (Wildman–Crippen LogP) is 3.46. The number of likely N-dealkylation sites (N-methyl/N-ethyl adjacent to an activating group) is 1. The van der Waals surface area contributed by atoms with Gasteiger partial charge in [0.15, 0.2) is 0 Å². The van der Waals surface area contributed by atoms with Crippen LogP contribution in [0.25, 0.3) is 0 Å². The number of urea groups is 1. The Kier molecular flexibility index (Phi) is 6.36. The maximum Gasteiger partial charge on any atom is 0.319 e. The molecule has 138 valence electrons. The van der Waals surface area contributed by atoms with Crippen molar-refractivity contribution in [2.24, 2.45) is 0 Å². The molecule has 2 amide bonds. The number of anilines is 2. The Hall–Kier alpha value is -2.24. The van der Waals surface area contributed by atoms with E-state index in [1.807, 2.05) is 36.4 Å². The quantitative estimate of drug-likeness (QED) is 0.845. The molecule has 1 saturated heterocycles. The molecule has 1 fully saturated rings. The van der Waals surface area contributed by atoms with Crippen molar-refractivity contribution in [1.82, 2.24) is 10.2 Å². The molecule has 2 N–H and O–H groups in total. The zero-order valence-corrected chi connectivity index (χ0v) is 15.8. The highest BCUT2D eigenvalue weighted by Crippen LogP contribution is 2.19. The van der Waals surface area contributed by atoms with Crippen LogP contribution in [-0.4, -0.2) is 50.7 Å². The molecule has 0 atom stereocenters. The van der Waals surface area contributed by atoms with Crippen LogP contribution in [0.3, 0.4) is 0 Å². The lowest BCUT2D eigenvalue weighted by atomic mass is 10.1. The molecule has 1 aliphatic rings. The van der Waals surface area contributed by atoms with Gasteiger partial charge in [-0.2, -0.15) is 0 Å². The summed E-state index contributed by atoms with van der Waals surface area (Å²) in [5.41, 5.74) is 3.10. The second-order valence-corrected chi connectivity index (χ2v) is 7.03. The smallest absolute Gasteiger partial charge is 0.319 e. The molecule has 0 radical (unpaired) electrons. The molecule has 0 bridgehead atoms. The van der Waals surface area contributed by atoms with E-state index in [4.69, 9.17) is 11.6 Å². The molecule has 1 aliphatic heterocycles. The van der Waals surface area contributed by atoms with Crippen LogP contribution in [0.5, 0.6) is 0 Å². The highest BCUT2D eigenvalue weighted by molar-refractivity contribution is 6.30. The summed E-state index contributed by atoms with van der Waals surface area (Å²) < 4.78 is 0. The number of hydrogen-bond donors (Lipinski definition) is 2. The van der Waals surface area contributed by atoms with E-state index >= 15 is 0 Å². The van der Waals surface area contributed by atoms with Crippen LogP contribution in [0.15, 0.2) is 48.5 Å². The van der Waals surface area contributed by atoms with Crippen molar-refractivity contribution in [3.8, 4) is 0 Å². The normalized spacial score (nSPS) is 14.9. The summed E-state index contributed by atoms with van der Waals surface area (Å²) in [5, 5.41) is 6.46. The third kappa shape index (κ3) is 5.38. The Balaban J connectivity index is 1.44. The number of halogens is 1. The van der Waals surface area contributed by atoms with Gasteiger partial charge in [-0.25, -0.2) is 4.79 Å². The van der Waals surface area contributed by atoms with E-state index in [-0.39, 0.29) is 6.03 Å². The summed E-state index contributed by atoms with van der Waals surface area (Å²) in [7, 11) is 2.15. The summed E-state index contributed by atoms with van der Waals surface area (Å²) in [6.07, 6.45) is 0.746. The van der Waals surface area contributed by atoms with Crippen molar-refractivity contribution >= 4 is 29.0 Å². The van der Waals surface area contributed by atoms with Gasteiger partial charge in [0.1, 0.15) is 0 Å². The minimum Gasteiger partial charge on any atom is -0.369 e. The standard InChI is InChI=1S/C20H25ClN4O/c1-24-11-13-25(14-12-24)19-7-5-18(6-8-19)23-20(26)22-10-9-16-3-2-4-17(21)15-16/h2-8,15H,9-14H2,1H3,(H2,22,23,26). The molecule has 26 heavy (non-hydrogen) atoms. The lowest BCUT2D eigenvalue weighted by molar-refractivity contribution is 0.252. The molecule has 2 aromatic rings. The average Bonchev–Trinajstić information content (AvgIpc) is 2.63. The molecule has 0 aromatic heterocycles. The Morgan fingerprint density at radius 2 is 1.81 bits per heavy atom. The molecule has 0 spiro atoms. The number of nitrogens with one attached hydrogen (secondary N) is 2. The predicted molar refractivity (Wildman–Crippen MR) is 108 cm³/mol. The monoisotopic (exact) mass is 372 g/mol. The van der Waals surface area contributed by atoms with Gasteiger partial charge in [-0.1, -0.05) is 23.7 Å². The van der Waals surface area contributed by atoms with Crippen LogP contribution in [0.2, 0.25) is 5.02 Å². The van der Waals surface area contributed by atoms with Crippen molar-refractivity contribution in [3.63, 3.8) is 0 Å². The third-order valence-electron chi connectivity index (χ3n) is 4.58. The van der Waals surface area contributed by atoms with E-state index in [0.29, 0.717) is 11.6 Å². The highest BCUT2D eigenvalue weighted by Gasteiger charge is 2.14. The Morgan fingerprint density at radius 1 is 1.08 bits per heavy atom. The van der Waals surface area contributed by atoms with Crippen molar-refractivity contribution in [2.45, 2.75) is 6.42 Å². The minimum atomic E-state index is -0.195. The van der Waals surface area contributed by atoms with E-state index in [9.17, 15) is 4.79 Å². The van der Waals surface area contributed by atoms with E-state index in [1.54, 1.807) is 0 Å². The van der Waals surface area contributed by atoms with E-state index in [2.05, 4.69) is 39.6 Å². The fourth-order valence-electron chi connectivity index (χ4n) is 3.01. The first kappa shape index (κ1) is 18.5. The number of hydrogen-bond acceptors (Lipinski definition) is 3. The second-order valence-electron chi connectivity index (χ2n) is 6.60. The number of carbonyl (C=O) groups is 1. The van der Waals surface area contributed by atoms with Gasteiger partial charge in [0, 0.05) is 49.1 Å². The third-order valence-corrected chi connectivity index (χ3v) is 4.82. The lowest BCUT2D eigenvalue weighted by Gasteiger charge is -2.34. The van der Waals surface area contributed by atoms with Gasteiger partial charge >= 0.3 is 6.03 Å². The molecular weight excluding hydrogens is 348 g/mol. The summed E-state index contributed by atoms with van der Waals surface area (Å²) in [6.45, 7) is 4.79. The summed E-state index contributed by atoms with van der Waals surface area (Å²) in [4.78, 5) is 16.7. The maximum absolute atomic E-state index is 12.0. The molecule has 0 saturated carbocycles. The largest absolute Gasteiger partial charge is 0.369 e. The van der Waals surface area contributed by atoms with Crippen molar-refractivity contribution in [1.29, 1.82) is 0 Å². The summed E-state index contributed by atoms with van der Waals surface area (Å²) in [5.74, 6) is 0. The summed E-state index contributed by atoms with van der Waals surface area (Å²) >= 11 is 5.96. The molecule has 0 aliphatic carbocycles. The van der Waals surface area contributed by atoms with Crippen molar-refractivity contribution in [3.05, 3.63) is 59.1 Å². The lowest BCUT2D eigenvalue weighted by Crippen LogP contribution is -2.44. The molecular formula is C20H25ClN4O. The average molecular weight is 373 g/mol. The number of piperazine rings is 1. The van der Waals surface area contributed by atoms with Gasteiger partial charge in [0.25, 0.3) is 0 Å². The Morgan fingerprint density at radius 3 is 2.50 bits per heavy atom. The molecule has 6 heteroatoms. The number of benzene rings is 2. The first-order chi connectivity index (χ1) is 12.6. The zero-order valence-electron chi connectivity index (χ0n) is 15.0. The number of carbonyl (C=O) groups excluding carboxylic acids is 1. The summed E-state index contributed by atoms with van der Waals surface area (Å²) in [6, 6.07) is 15.5. The molecule has 1 heterocycles. The van der Waals surface area contributed by atoms with Crippen LogP contribution in [-0.2, 0) is 6.42 Å². The SMILES string of the molecule is CN1CCN(c2ccc(NC(=O)NCCc3cccc(Cl)c3)cc2)CC1.